The summed E-state index contributed by atoms with van der Waals surface area (Å²) < 4.78 is 37.7. The molecular weight excluding hydrogens is 329 g/mol. The summed E-state index contributed by atoms with van der Waals surface area (Å²) in [4.78, 5) is 8.90. The van der Waals surface area contributed by atoms with Gasteiger partial charge in [-0.05, 0) is 39.4 Å². The van der Waals surface area contributed by atoms with Crippen LogP contribution in [0.5, 0.6) is 0 Å². The highest BCUT2D eigenvalue weighted by Crippen LogP contribution is 2.14. The molecule has 0 aliphatic carbocycles. The van der Waals surface area contributed by atoms with Crippen molar-refractivity contribution in [3.8, 4) is 0 Å². The molecule has 140 valence electrons. The largest absolute Gasteiger partial charge is 0.490 e. The molecule has 0 amide bonds. The Kier molecular flexibility index (Phi) is 13.7. The standard InChI is InChI=1S/C13H30O2Si.C2HF3O2/c1-13(15-16(2,3)4)11-9-7-5-6-8-10-12-14;3-2(4,5)1(6)7/h13-14H,5-12H2,1-4H3;(H,6,7). The molecule has 0 saturated carbocycles. The van der Waals surface area contributed by atoms with E-state index in [-0.39, 0.29) is 0 Å². The van der Waals surface area contributed by atoms with Gasteiger partial charge in [-0.1, -0.05) is 32.1 Å². The summed E-state index contributed by atoms with van der Waals surface area (Å²) in [5.74, 6) is -2.76. The van der Waals surface area contributed by atoms with Gasteiger partial charge in [-0.15, -0.1) is 0 Å². The molecule has 0 aliphatic heterocycles. The zero-order valence-electron chi connectivity index (χ0n) is 14.6. The van der Waals surface area contributed by atoms with E-state index in [1.165, 1.54) is 38.5 Å². The molecule has 0 aliphatic rings. The smallest absolute Gasteiger partial charge is 0.475 e. The van der Waals surface area contributed by atoms with E-state index in [0.29, 0.717) is 12.7 Å². The first-order chi connectivity index (χ1) is 10.4. The number of aliphatic hydroxyl groups is 1. The van der Waals surface area contributed by atoms with Gasteiger partial charge in [-0.25, -0.2) is 4.79 Å². The van der Waals surface area contributed by atoms with E-state index < -0.39 is 20.5 Å². The Morgan fingerprint density at radius 1 is 1.04 bits per heavy atom. The van der Waals surface area contributed by atoms with Crippen molar-refractivity contribution in [1.29, 1.82) is 0 Å². The summed E-state index contributed by atoms with van der Waals surface area (Å²) in [5.41, 5.74) is 0. The number of halogens is 3. The number of carboxylic acid groups (broad SMARTS) is 1. The van der Waals surface area contributed by atoms with Gasteiger partial charge in [0, 0.05) is 12.7 Å². The van der Waals surface area contributed by atoms with Crippen LogP contribution in [0.2, 0.25) is 19.6 Å². The number of carbonyl (C=O) groups is 1. The van der Waals surface area contributed by atoms with E-state index in [0.717, 1.165) is 6.42 Å². The van der Waals surface area contributed by atoms with Gasteiger partial charge in [-0.3, -0.25) is 0 Å². The Hall–Kier alpha value is -0.603. The predicted molar refractivity (Wildman–Crippen MR) is 87.0 cm³/mol. The monoisotopic (exact) mass is 360 g/mol. The molecule has 0 rings (SSSR count). The number of unbranched alkanes of at least 4 members (excludes halogenated alkanes) is 5. The molecule has 0 saturated heterocycles. The van der Waals surface area contributed by atoms with E-state index in [2.05, 4.69) is 26.6 Å². The first kappa shape index (κ1) is 24.6. The van der Waals surface area contributed by atoms with Crippen LogP contribution in [0.25, 0.3) is 0 Å². The maximum Gasteiger partial charge on any atom is 0.490 e. The molecule has 0 aromatic carbocycles. The minimum absolute atomic E-state index is 0.348. The highest BCUT2D eigenvalue weighted by atomic mass is 28.4. The van der Waals surface area contributed by atoms with E-state index in [1.807, 2.05) is 0 Å². The van der Waals surface area contributed by atoms with Crippen molar-refractivity contribution in [2.75, 3.05) is 6.61 Å². The molecule has 0 spiro atoms. The van der Waals surface area contributed by atoms with E-state index in [4.69, 9.17) is 19.4 Å². The lowest BCUT2D eigenvalue weighted by Crippen LogP contribution is -2.30. The number of hydrogen-bond donors (Lipinski definition) is 2. The van der Waals surface area contributed by atoms with Crippen molar-refractivity contribution >= 4 is 14.3 Å². The molecule has 23 heavy (non-hydrogen) atoms. The Balaban J connectivity index is 0. The predicted octanol–water partition coefficient (Wildman–Crippen LogP) is 4.58. The lowest BCUT2D eigenvalue weighted by atomic mass is 10.1. The molecule has 2 N–H and O–H groups in total. The van der Waals surface area contributed by atoms with Gasteiger partial charge in [0.05, 0.1) is 0 Å². The van der Waals surface area contributed by atoms with E-state index in [9.17, 15) is 13.2 Å². The Labute approximate surface area is 138 Å². The highest BCUT2D eigenvalue weighted by Gasteiger charge is 2.38. The minimum atomic E-state index is -5.08. The third-order valence-electron chi connectivity index (χ3n) is 2.82. The number of alkyl halides is 3. The Bertz CT molecular complexity index is 304. The van der Waals surface area contributed by atoms with Crippen LogP contribution >= 0.6 is 0 Å². The fraction of sp³-hybridized carbons (Fsp3) is 0.933. The zero-order chi connectivity index (χ0) is 18.5. The third-order valence-corrected chi connectivity index (χ3v) is 3.93. The van der Waals surface area contributed by atoms with Crippen LogP contribution in [0.15, 0.2) is 0 Å². The summed E-state index contributed by atoms with van der Waals surface area (Å²) in [6.07, 6.45) is 3.86. The molecule has 1 atom stereocenters. The lowest BCUT2D eigenvalue weighted by Gasteiger charge is -2.23. The second-order valence-corrected chi connectivity index (χ2v) is 10.9. The lowest BCUT2D eigenvalue weighted by molar-refractivity contribution is -0.192. The first-order valence-electron chi connectivity index (χ1n) is 7.99. The molecule has 0 fully saturated rings. The highest BCUT2D eigenvalue weighted by molar-refractivity contribution is 6.69. The SMILES string of the molecule is CC(CCCCCCCCO)O[Si](C)(C)C.O=C(O)C(F)(F)F. The maximum atomic E-state index is 10.6. The van der Waals surface area contributed by atoms with Crippen LogP contribution < -0.4 is 0 Å². The summed E-state index contributed by atoms with van der Waals surface area (Å²) >= 11 is 0. The van der Waals surface area contributed by atoms with Crippen molar-refractivity contribution in [2.45, 2.75) is 83.8 Å². The zero-order valence-corrected chi connectivity index (χ0v) is 15.6. The number of rotatable bonds is 10. The third kappa shape index (κ3) is 21.4. The van der Waals surface area contributed by atoms with Crippen LogP contribution in [0, 0.1) is 0 Å². The molecule has 4 nitrogen and oxygen atoms in total. The van der Waals surface area contributed by atoms with Gasteiger partial charge in [0.25, 0.3) is 0 Å². The van der Waals surface area contributed by atoms with Gasteiger partial charge >= 0.3 is 12.1 Å². The first-order valence-corrected chi connectivity index (χ1v) is 11.4. The molecule has 0 heterocycles. The van der Waals surface area contributed by atoms with Gasteiger partial charge in [0.15, 0.2) is 8.32 Å². The fourth-order valence-corrected chi connectivity index (χ4v) is 3.24. The van der Waals surface area contributed by atoms with Crippen LogP contribution in [-0.2, 0) is 9.22 Å². The van der Waals surface area contributed by atoms with Gasteiger partial charge in [0.1, 0.15) is 0 Å². The van der Waals surface area contributed by atoms with Crippen LogP contribution in [0.3, 0.4) is 0 Å². The van der Waals surface area contributed by atoms with Gasteiger partial charge in [0.2, 0.25) is 0 Å². The molecule has 0 aromatic rings. The summed E-state index contributed by atoms with van der Waals surface area (Å²) in [6.45, 7) is 9.29. The quantitative estimate of drug-likeness (QED) is 0.442. The topological polar surface area (TPSA) is 66.8 Å². The van der Waals surface area contributed by atoms with Crippen molar-refractivity contribution in [1.82, 2.24) is 0 Å². The number of carboxylic acids is 1. The number of aliphatic carboxylic acids is 1. The second kappa shape index (κ2) is 12.8. The van der Waals surface area contributed by atoms with Gasteiger partial charge < -0.3 is 14.6 Å². The molecule has 0 bridgehead atoms. The summed E-state index contributed by atoms with van der Waals surface area (Å²) in [6, 6.07) is 0. The average molecular weight is 360 g/mol. The average Bonchev–Trinajstić information content (AvgIpc) is 2.35. The molecule has 0 aromatic heterocycles. The molecule has 8 heteroatoms. The second-order valence-electron chi connectivity index (χ2n) is 6.48. The van der Waals surface area contributed by atoms with Crippen molar-refractivity contribution < 1.29 is 32.6 Å². The number of aliphatic hydroxyl groups excluding tert-OH is 1. The Morgan fingerprint density at radius 2 is 1.43 bits per heavy atom. The van der Waals surface area contributed by atoms with Crippen molar-refractivity contribution in [3.05, 3.63) is 0 Å². The maximum absolute atomic E-state index is 10.6. The van der Waals surface area contributed by atoms with Crippen LogP contribution in [-0.4, -0.2) is 43.4 Å². The van der Waals surface area contributed by atoms with E-state index in [1.54, 1.807) is 0 Å². The normalized spacial score (nSPS) is 13.2. The van der Waals surface area contributed by atoms with Crippen molar-refractivity contribution in [3.63, 3.8) is 0 Å². The van der Waals surface area contributed by atoms with Crippen LogP contribution in [0.1, 0.15) is 51.9 Å². The minimum Gasteiger partial charge on any atom is -0.475 e. The Morgan fingerprint density at radius 3 is 1.78 bits per heavy atom. The molecule has 0 radical (unpaired) electrons. The summed E-state index contributed by atoms with van der Waals surface area (Å²) in [5, 5.41) is 15.8. The number of hydrogen-bond acceptors (Lipinski definition) is 3. The molecule has 1 unspecified atom stereocenters. The summed E-state index contributed by atoms with van der Waals surface area (Å²) in [7, 11) is -1.33. The fourth-order valence-electron chi connectivity index (χ4n) is 1.91. The van der Waals surface area contributed by atoms with Gasteiger partial charge in [-0.2, -0.15) is 13.2 Å². The van der Waals surface area contributed by atoms with E-state index >= 15 is 0 Å². The molecular formula is C15H31F3O4Si. The van der Waals surface area contributed by atoms with Crippen molar-refractivity contribution in [2.24, 2.45) is 0 Å². The van der Waals surface area contributed by atoms with Crippen LogP contribution in [0.4, 0.5) is 13.2 Å².